The molecule has 2 N–H and O–H groups in total. The molecule has 1 heterocycles. The van der Waals surface area contributed by atoms with Crippen LogP contribution in [0.4, 0.5) is 0 Å². The third kappa shape index (κ3) is 4.64. The molecule has 0 saturated carbocycles. The van der Waals surface area contributed by atoms with Gasteiger partial charge in [-0.2, -0.15) is 0 Å². The third-order valence-corrected chi connectivity index (χ3v) is 4.16. The summed E-state index contributed by atoms with van der Waals surface area (Å²) in [5.41, 5.74) is 0. The molecule has 0 aliphatic carbocycles. The number of nitrogens with one attached hydrogen (secondary N) is 2. The zero-order valence-electron chi connectivity index (χ0n) is 9.03. The average Bonchev–Trinajstić information content (AvgIpc) is 2.16. The zero-order chi connectivity index (χ0) is 12.0. The van der Waals surface area contributed by atoms with Crippen molar-refractivity contribution in [3.63, 3.8) is 0 Å². The number of hydrogen-bond donors (Lipinski definition) is 2. The van der Waals surface area contributed by atoms with Gasteiger partial charge in [-0.15, -0.1) is 6.42 Å². The van der Waals surface area contributed by atoms with Gasteiger partial charge in [0.1, 0.15) is 0 Å². The molecule has 1 atom stereocenters. The smallest absolute Gasteiger partial charge is 0.234 e. The number of rotatable bonds is 4. The van der Waals surface area contributed by atoms with Crippen molar-refractivity contribution < 1.29 is 13.2 Å². The first-order valence-electron chi connectivity index (χ1n) is 5.17. The highest BCUT2D eigenvalue weighted by Gasteiger charge is 2.25. The molecule has 1 aliphatic heterocycles. The van der Waals surface area contributed by atoms with E-state index in [-0.39, 0.29) is 30.0 Å². The molecule has 1 rings (SSSR count). The van der Waals surface area contributed by atoms with Gasteiger partial charge in [-0.1, -0.05) is 5.92 Å². The number of amides is 1. The molecular formula is C10H16N2O3S. The van der Waals surface area contributed by atoms with Crippen molar-refractivity contribution in [2.24, 2.45) is 0 Å². The maximum atomic E-state index is 11.4. The molecule has 90 valence electrons. The summed E-state index contributed by atoms with van der Waals surface area (Å²) in [5, 5.41) is 5.43. The first kappa shape index (κ1) is 13.0. The minimum Gasteiger partial charge on any atom is -0.351 e. The fraction of sp³-hybridized carbons (Fsp3) is 0.700. The van der Waals surface area contributed by atoms with Crippen molar-refractivity contribution in [1.29, 1.82) is 0 Å². The molecule has 0 radical (unpaired) electrons. The van der Waals surface area contributed by atoms with Gasteiger partial charge in [0.05, 0.1) is 24.6 Å². The van der Waals surface area contributed by atoms with Gasteiger partial charge in [-0.25, -0.2) is 8.42 Å². The summed E-state index contributed by atoms with van der Waals surface area (Å²) in [6, 6.07) is -0.251. The van der Waals surface area contributed by atoms with Gasteiger partial charge >= 0.3 is 0 Å². The Kier molecular flexibility index (Phi) is 4.77. The summed E-state index contributed by atoms with van der Waals surface area (Å²) in [6.07, 6.45) is 6.35. The topological polar surface area (TPSA) is 75.3 Å². The molecule has 1 saturated heterocycles. The SMILES string of the molecule is C#CCNCC(=O)NC1CCCS(=O)(=O)C1. The summed E-state index contributed by atoms with van der Waals surface area (Å²) in [7, 11) is -2.97. The van der Waals surface area contributed by atoms with Crippen LogP contribution in [0, 0.1) is 12.3 Å². The highest BCUT2D eigenvalue weighted by molar-refractivity contribution is 7.91. The molecule has 1 fully saturated rings. The van der Waals surface area contributed by atoms with Crippen LogP contribution in [0.15, 0.2) is 0 Å². The first-order chi connectivity index (χ1) is 7.53. The number of terminal acetylenes is 1. The summed E-state index contributed by atoms with van der Waals surface area (Å²) in [5.74, 6) is 2.42. The number of sulfone groups is 1. The van der Waals surface area contributed by atoms with Gasteiger partial charge in [0, 0.05) is 6.04 Å². The summed E-state index contributed by atoms with van der Waals surface area (Å²) >= 11 is 0. The van der Waals surface area contributed by atoms with E-state index in [0.29, 0.717) is 13.0 Å². The largest absolute Gasteiger partial charge is 0.351 e. The van der Waals surface area contributed by atoms with Crippen molar-refractivity contribution in [3.05, 3.63) is 0 Å². The fourth-order valence-corrected chi connectivity index (χ4v) is 3.30. The lowest BCUT2D eigenvalue weighted by Crippen LogP contribution is -2.46. The van der Waals surface area contributed by atoms with Gasteiger partial charge in [-0.05, 0) is 12.8 Å². The number of hydrogen-bond acceptors (Lipinski definition) is 4. The minimum atomic E-state index is -2.97. The van der Waals surface area contributed by atoms with Gasteiger partial charge < -0.3 is 5.32 Å². The van der Waals surface area contributed by atoms with Crippen molar-refractivity contribution in [1.82, 2.24) is 10.6 Å². The first-order valence-corrected chi connectivity index (χ1v) is 6.99. The lowest BCUT2D eigenvalue weighted by molar-refractivity contribution is -0.120. The standard InChI is InChI=1S/C10H16N2O3S/c1-2-5-11-7-10(13)12-9-4-3-6-16(14,15)8-9/h1,9,11H,3-8H2,(H,12,13). The number of carbonyl (C=O) groups excluding carboxylic acids is 1. The van der Waals surface area contributed by atoms with E-state index in [0.717, 1.165) is 6.42 Å². The van der Waals surface area contributed by atoms with E-state index in [1.54, 1.807) is 0 Å². The highest BCUT2D eigenvalue weighted by Crippen LogP contribution is 2.11. The normalized spacial score (nSPS) is 23.3. The van der Waals surface area contributed by atoms with Crippen molar-refractivity contribution >= 4 is 15.7 Å². The summed E-state index contributed by atoms with van der Waals surface area (Å²) in [4.78, 5) is 11.4. The third-order valence-electron chi connectivity index (χ3n) is 2.34. The number of carbonyl (C=O) groups is 1. The average molecular weight is 244 g/mol. The Hall–Kier alpha value is -1.06. The van der Waals surface area contributed by atoms with Crippen LogP contribution in [-0.4, -0.2) is 45.0 Å². The zero-order valence-corrected chi connectivity index (χ0v) is 9.85. The van der Waals surface area contributed by atoms with Crippen LogP contribution in [0.25, 0.3) is 0 Å². The molecule has 5 nitrogen and oxygen atoms in total. The lowest BCUT2D eigenvalue weighted by Gasteiger charge is -2.22. The van der Waals surface area contributed by atoms with Crippen LogP contribution >= 0.6 is 0 Å². The maximum absolute atomic E-state index is 11.4. The maximum Gasteiger partial charge on any atom is 0.234 e. The van der Waals surface area contributed by atoms with E-state index < -0.39 is 9.84 Å². The summed E-state index contributed by atoms with van der Waals surface area (Å²) in [6.45, 7) is 0.455. The second-order valence-electron chi connectivity index (χ2n) is 3.83. The van der Waals surface area contributed by atoms with Crippen LogP contribution in [0.5, 0.6) is 0 Å². The van der Waals surface area contributed by atoms with Crippen molar-refractivity contribution in [2.75, 3.05) is 24.6 Å². The van der Waals surface area contributed by atoms with Crippen LogP contribution in [0.1, 0.15) is 12.8 Å². The Balaban J connectivity index is 2.31. The predicted molar refractivity (Wildman–Crippen MR) is 61.5 cm³/mol. The molecular weight excluding hydrogens is 228 g/mol. The van der Waals surface area contributed by atoms with E-state index >= 15 is 0 Å². The molecule has 0 spiro atoms. The summed E-state index contributed by atoms with van der Waals surface area (Å²) < 4.78 is 22.6. The quantitative estimate of drug-likeness (QED) is 0.486. The molecule has 0 aromatic carbocycles. The van der Waals surface area contributed by atoms with Gasteiger partial charge in [-0.3, -0.25) is 10.1 Å². The Morgan fingerprint density at radius 1 is 1.50 bits per heavy atom. The molecule has 0 aromatic heterocycles. The van der Waals surface area contributed by atoms with Crippen molar-refractivity contribution in [2.45, 2.75) is 18.9 Å². The van der Waals surface area contributed by atoms with E-state index in [1.165, 1.54) is 0 Å². The van der Waals surface area contributed by atoms with Crippen LogP contribution in [0.2, 0.25) is 0 Å². The van der Waals surface area contributed by atoms with E-state index in [1.807, 2.05) is 0 Å². The van der Waals surface area contributed by atoms with Crippen LogP contribution in [0.3, 0.4) is 0 Å². The monoisotopic (exact) mass is 244 g/mol. The highest BCUT2D eigenvalue weighted by atomic mass is 32.2. The fourth-order valence-electron chi connectivity index (χ4n) is 1.66. The molecule has 1 amide bonds. The lowest BCUT2D eigenvalue weighted by atomic mass is 10.2. The van der Waals surface area contributed by atoms with Gasteiger partial charge in [0.2, 0.25) is 5.91 Å². The molecule has 1 aliphatic rings. The molecule has 0 bridgehead atoms. The second kappa shape index (κ2) is 5.87. The minimum absolute atomic E-state index is 0.0495. The van der Waals surface area contributed by atoms with E-state index in [9.17, 15) is 13.2 Å². The van der Waals surface area contributed by atoms with E-state index in [4.69, 9.17) is 6.42 Å². The van der Waals surface area contributed by atoms with Gasteiger partial charge in [0.15, 0.2) is 9.84 Å². The van der Waals surface area contributed by atoms with Crippen molar-refractivity contribution in [3.8, 4) is 12.3 Å². The van der Waals surface area contributed by atoms with E-state index in [2.05, 4.69) is 16.6 Å². The predicted octanol–water partition coefficient (Wildman–Crippen LogP) is -1.10. The molecule has 0 aromatic rings. The molecule has 16 heavy (non-hydrogen) atoms. The van der Waals surface area contributed by atoms with Crippen LogP contribution < -0.4 is 10.6 Å². The van der Waals surface area contributed by atoms with Gasteiger partial charge in [0.25, 0.3) is 0 Å². The Morgan fingerprint density at radius 2 is 2.25 bits per heavy atom. The Bertz CT molecular complexity index is 383. The van der Waals surface area contributed by atoms with Crippen LogP contribution in [-0.2, 0) is 14.6 Å². The second-order valence-corrected chi connectivity index (χ2v) is 6.06. The Morgan fingerprint density at radius 3 is 2.88 bits per heavy atom. The molecule has 6 heteroatoms. The Labute approximate surface area is 95.9 Å². The molecule has 1 unspecified atom stereocenters.